The van der Waals surface area contributed by atoms with Gasteiger partial charge < -0.3 is 0 Å². The molecule has 0 fully saturated rings. The van der Waals surface area contributed by atoms with E-state index in [2.05, 4.69) is 146 Å². The van der Waals surface area contributed by atoms with Crippen LogP contribution in [-0.2, 0) is 5.41 Å². The van der Waals surface area contributed by atoms with Crippen LogP contribution in [0.3, 0.4) is 0 Å². The summed E-state index contributed by atoms with van der Waals surface area (Å²) >= 11 is 0. The smallest absolute Gasteiger partial charge is 0.235 e. The fraction of sp³-hybridized carbons (Fsp3) is 0.116. The normalized spacial score (nSPS) is 14.7. The van der Waals surface area contributed by atoms with E-state index in [1.807, 2.05) is 0 Å². The number of rotatable bonds is 2. The lowest BCUT2D eigenvalue weighted by molar-refractivity contribution is 0.666. The highest BCUT2D eigenvalue weighted by atomic mass is 15.2. The Morgan fingerprint density at radius 2 is 1.39 bits per heavy atom. The minimum Gasteiger partial charge on any atom is -0.278 e. The lowest BCUT2D eigenvalue weighted by Gasteiger charge is -2.23. The highest BCUT2D eigenvalue weighted by Gasteiger charge is 2.36. The van der Waals surface area contributed by atoms with Gasteiger partial charge in [-0.25, -0.2) is 9.97 Å². The molecular formula is C43H31N3. The summed E-state index contributed by atoms with van der Waals surface area (Å²) < 4.78 is 2.34. The number of hydrogen-bond donors (Lipinski definition) is 0. The number of benzene rings is 6. The lowest BCUT2D eigenvalue weighted by atomic mass is 9.80. The first-order valence-corrected chi connectivity index (χ1v) is 16.3. The van der Waals surface area contributed by atoms with Crippen molar-refractivity contribution in [3.8, 4) is 28.3 Å². The predicted molar refractivity (Wildman–Crippen MR) is 192 cm³/mol. The molecule has 2 aliphatic carbocycles. The third-order valence-electron chi connectivity index (χ3n) is 10.4. The number of hydrogen-bond acceptors (Lipinski definition) is 2. The molecule has 0 saturated heterocycles. The fourth-order valence-corrected chi connectivity index (χ4v) is 8.29. The molecule has 0 atom stereocenters. The second kappa shape index (κ2) is 9.24. The molecule has 46 heavy (non-hydrogen) atoms. The topological polar surface area (TPSA) is 30.7 Å². The van der Waals surface area contributed by atoms with Crippen LogP contribution in [0.1, 0.15) is 37.8 Å². The van der Waals surface area contributed by atoms with Crippen molar-refractivity contribution >= 4 is 55.5 Å². The molecule has 0 aliphatic heterocycles. The van der Waals surface area contributed by atoms with Gasteiger partial charge in [-0.15, -0.1) is 0 Å². The second-order valence-electron chi connectivity index (χ2n) is 13.3. The van der Waals surface area contributed by atoms with E-state index in [4.69, 9.17) is 9.97 Å². The first-order valence-electron chi connectivity index (χ1n) is 16.3. The molecule has 8 aromatic rings. The summed E-state index contributed by atoms with van der Waals surface area (Å²) in [6.07, 6.45) is 6.82. The van der Waals surface area contributed by atoms with Crippen LogP contribution >= 0.6 is 0 Å². The predicted octanol–water partition coefficient (Wildman–Crippen LogP) is 9.21. The number of fused-ring (bicyclic) bond motifs is 11. The van der Waals surface area contributed by atoms with Gasteiger partial charge in [-0.2, -0.15) is 0 Å². The van der Waals surface area contributed by atoms with E-state index in [0.717, 1.165) is 51.9 Å². The molecule has 10 rings (SSSR count). The number of nitrogens with zero attached hydrogens (tertiary/aromatic N) is 3. The summed E-state index contributed by atoms with van der Waals surface area (Å²) in [4.78, 5) is 10.8. The van der Waals surface area contributed by atoms with Crippen LogP contribution in [0.5, 0.6) is 0 Å². The summed E-state index contributed by atoms with van der Waals surface area (Å²) in [5.74, 6) is 0.718. The molecule has 0 bridgehead atoms. The van der Waals surface area contributed by atoms with Gasteiger partial charge in [-0.1, -0.05) is 123 Å². The van der Waals surface area contributed by atoms with Crippen molar-refractivity contribution in [1.82, 2.24) is 14.5 Å². The molecule has 3 heteroatoms. The minimum absolute atomic E-state index is 0.104. The van der Waals surface area contributed by atoms with E-state index in [0.29, 0.717) is 0 Å². The zero-order chi connectivity index (χ0) is 30.6. The van der Waals surface area contributed by atoms with Crippen LogP contribution in [0.2, 0.25) is 0 Å². The summed E-state index contributed by atoms with van der Waals surface area (Å²) in [5, 5.41) is 9.71. The van der Waals surface area contributed by atoms with Crippen LogP contribution in [-0.4, -0.2) is 14.5 Å². The Morgan fingerprint density at radius 3 is 2.30 bits per heavy atom. The first-order chi connectivity index (χ1) is 22.6. The molecule has 3 nitrogen and oxygen atoms in total. The molecule has 0 saturated carbocycles. The Bertz CT molecular complexity index is 2710. The van der Waals surface area contributed by atoms with Gasteiger partial charge >= 0.3 is 0 Å². The molecule has 6 aromatic carbocycles. The average molecular weight is 590 g/mol. The highest BCUT2D eigenvalue weighted by Crippen LogP contribution is 2.51. The van der Waals surface area contributed by atoms with Crippen LogP contribution in [0, 0.1) is 0 Å². The van der Waals surface area contributed by atoms with Crippen LogP contribution in [0.4, 0.5) is 0 Å². The standard InChI is InChI=1S/C43H31N3/c1-43(2)36-18-10-8-16-30(36)32-22-21-28-24-35-31-17-9-11-19-37(31)46(38(35)25-34(28)39(32)43)42-44-40(27-13-4-3-5-14-27)33-23-20-26-12-6-7-15-29(26)41(33)45-42/h3-8,10,12-25H,9,11H2,1-2H3. The van der Waals surface area contributed by atoms with Gasteiger partial charge in [0.25, 0.3) is 0 Å². The molecular weight excluding hydrogens is 558 g/mol. The van der Waals surface area contributed by atoms with Gasteiger partial charge in [-0.05, 0) is 69.5 Å². The van der Waals surface area contributed by atoms with Gasteiger partial charge in [0.05, 0.1) is 22.1 Å². The summed E-state index contributed by atoms with van der Waals surface area (Å²) in [7, 11) is 0. The maximum absolute atomic E-state index is 5.42. The van der Waals surface area contributed by atoms with Gasteiger partial charge in [0.2, 0.25) is 5.95 Å². The maximum Gasteiger partial charge on any atom is 0.235 e. The van der Waals surface area contributed by atoms with Crippen molar-refractivity contribution in [3.05, 3.63) is 137 Å². The van der Waals surface area contributed by atoms with Crippen molar-refractivity contribution < 1.29 is 0 Å². The van der Waals surface area contributed by atoms with Gasteiger partial charge in [0.1, 0.15) is 0 Å². The summed E-state index contributed by atoms with van der Waals surface area (Å²) in [5.41, 5.74) is 9.57. The lowest BCUT2D eigenvalue weighted by Crippen LogP contribution is -2.31. The van der Waals surface area contributed by atoms with Crippen molar-refractivity contribution in [1.29, 1.82) is 0 Å². The summed E-state index contributed by atoms with van der Waals surface area (Å²) in [6.45, 7) is 4.74. The van der Waals surface area contributed by atoms with E-state index in [1.165, 1.54) is 54.4 Å². The van der Waals surface area contributed by atoms with E-state index in [-0.39, 0.29) is 5.41 Å². The van der Waals surface area contributed by atoms with E-state index < -0.39 is 0 Å². The molecule has 0 amide bonds. The zero-order valence-electron chi connectivity index (χ0n) is 25.9. The molecule has 0 radical (unpaired) electrons. The SMILES string of the molecule is CC1(C)c2ccccc2-c2ccc3cc4c5c(n(-c6nc(-c7ccccc7)c7ccc8ccccc8c7n6)c4cc3c21)=CCCC=5. The van der Waals surface area contributed by atoms with E-state index >= 15 is 0 Å². The van der Waals surface area contributed by atoms with E-state index in [9.17, 15) is 0 Å². The third kappa shape index (κ3) is 3.43. The van der Waals surface area contributed by atoms with Gasteiger partial charge in [0, 0.05) is 32.4 Å². The molecule has 0 spiro atoms. The van der Waals surface area contributed by atoms with E-state index in [1.54, 1.807) is 0 Å². The highest BCUT2D eigenvalue weighted by molar-refractivity contribution is 6.10. The molecule has 0 N–H and O–H groups in total. The number of aromatic nitrogens is 3. The minimum atomic E-state index is -0.104. The Morgan fingerprint density at radius 1 is 0.609 bits per heavy atom. The zero-order valence-corrected chi connectivity index (χ0v) is 25.9. The van der Waals surface area contributed by atoms with Crippen molar-refractivity contribution in [2.24, 2.45) is 0 Å². The quantitative estimate of drug-likeness (QED) is 0.188. The third-order valence-corrected chi connectivity index (χ3v) is 10.4. The maximum atomic E-state index is 5.42. The largest absolute Gasteiger partial charge is 0.278 e. The van der Waals surface area contributed by atoms with Gasteiger partial charge in [-0.3, -0.25) is 4.57 Å². The van der Waals surface area contributed by atoms with Crippen LogP contribution < -0.4 is 10.6 Å². The summed E-state index contributed by atoms with van der Waals surface area (Å²) in [6, 6.07) is 41.9. The molecule has 218 valence electrons. The van der Waals surface area contributed by atoms with Gasteiger partial charge in [0.15, 0.2) is 0 Å². The Labute approximate surface area is 266 Å². The van der Waals surface area contributed by atoms with Crippen LogP contribution in [0.15, 0.2) is 115 Å². The van der Waals surface area contributed by atoms with Crippen molar-refractivity contribution in [2.45, 2.75) is 32.1 Å². The Hall–Kier alpha value is -5.54. The molecule has 2 aromatic heterocycles. The van der Waals surface area contributed by atoms with Crippen molar-refractivity contribution in [2.75, 3.05) is 0 Å². The molecule has 2 heterocycles. The fourth-order valence-electron chi connectivity index (χ4n) is 8.29. The monoisotopic (exact) mass is 589 g/mol. The van der Waals surface area contributed by atoms with Crippen LogP contribution in [0.25, 0.3) is 83.8 Å². The van der Waals surface area contributed by atoms with Crippen molar-refractivity contribution in [3.63, 3.8) is 0 Å². The first kappa shape index (κ1) is 25.8. The Balaban J connectivity index is 1.35. The average Bonchev–Trinajstić information content (AvgIpc) is 3.55. The molecule has 0 unspecified atom stereocenters. The second-order valence-corrected chi connectivity index (χ2v) is 13.3. The molecule has 2 aliphatic rings. The Kier molecular flexibility index (Phi) is 5.18.